The van der Waals surface area contributed by atoms with Crippen molar-refractivity contribution in [3.63, 3.8) is 0 Å². The molecule has 0 spiro atoms. The first kappa shape index (κ1) is 40.9. The van der Waals surface area contributed by atoms with Crippen LogP contribution in [0.5, 0.6) is 0 Å². The number of nitrogens with zero attached hydrogens (tertiary/aromatic N) is 1. The molecule has 0 bridgehead atoms. The molecule has 7 atom stereocenters. The molecule has 48 heavy (non-hydrogen) atoms. The molecule has 2 fully saturated rings. The van der Waals surface area contributed by atoms with Gasteiger partial charge in [-0.2, -0.15) is 0 Å². The van der Waals surface area contributed by atoms with Crippen LogP contribution in [0.3, 0.4) is 0 Å². The summed E-state index contributed by atoms with van der Waals surface area (Å²) in [6, 6.07) is -5.03. The Kier molecular flexibility index (Phi) is 17.3. The van der Waals surface area contributed by atoms with Crippen LogP contribution in [-0.4, -0.2) is 107 Å². The number of nitrogens with one attached hydrogen (secondary N) is 4. The molecule has 0 radical (unpaired) electrons. The van der Waals surface area contributed by atoms with Crippen molar-refractivity contribution in [2.45, 2.75) is 142 Å². The van der Waals surface area contributed by atoms with Crippen LogP contribution in [0.1, 0.15) is 105 Å². The normalized spacial score (nSPS) is 28.7. The van der Waals surface area contributed by atoms with Gasteiger partial charge in [0, 0.05) is 7.05 Å². The van der Waals surface area contributed by atoms with Gasteiger partial charge in [0.05, 0.1) is 18.6 Å². The Hall–Kier alpha value is -3.26. The molecular formula is C34H59N5O9. The summed E-state index contributed by atoms with van der Waals surface area (Å²) in [5.41, 5.74) is 0. The van der Waals surface area contributed by atoms with Crippen molar-refractivity contribution in [1.29, 1.82) is 0 Å². The minimum Gasteiger partial charge on any atom is -0.460 e. The predicted octanol–water partition coefficient (Wildman–Crippen LogP) is 0.915. The van der Waals surface area contributed by atoms with Crippen molar-refractivity contribution < 1.29 is 43.7 Å². The van der Waals surface area contributed by atoms with Gasteiger partial charge in [-0.25, -0.2) is 0 Å². The first-order chi connectivity index (χ1) is 22.7. The van der Waals surface area contributed by atoms with Crippen molar-refractivity contribution in [1.82, 2.24) is 26.2 Å². The van der Waals surface area contributed by atoms with Gasteiger partial charge < -0.3 is 41.1 Å². The molecule has 5 amide bonds. The number of cyclic esters (lactones) is 1. The molecule has 1 saturated heterocycles. The van der Waals surface area contributed by atoms with Crippen molar-refractivity contribution in [2.24, 2.45) is 17.8 Å². The monoisotopic (exact) mass is 681 g/mol. The highest BCUT2D eigenvalue weighted by atomic mass is 16.5. The second kappa shape index (κ2) is 20.3. The summed E-state index contributed by atoms with van der Waals surface area (Å²) in [5.74, 6) is -5.33. The van der Waals surface area contributed by atoms with E-state index in [0.717, 1.165) is 38.5 Å². The van der Waals surface area contributed by atoms with E-state index in [2.05, 4.69) is 28.2 Å². The highest BCUT2D eigenvalue weighted by Gasteiger charge is 2.39. The van der Waals surface area contributed by atoms with Crippen molar-refractivity contribution in [2.75, 3.05) is 20.2 Å². The minimum absolute atomic E-state index is 0.00507. The molecule has 1 heterocycles. The summed E-state index contributed by atoms with van der Waals surface area (Å²) in [6.07, 6.45) is 5.95. The molecule has 14 heteroatoms. The third kappa shape index (κ3) is 12.3. The van der Waals surface area contributed by atoms with Gasteiger partial charge in [-0.05, 0) is 50.9 Å². The summed E-state index contributed by atoms with van der Waals surface area (Å²) in [4.78, 5) is 82.3. The minimum atomic E-state index is -1.53. The van der Waals surface area contributed by atoms with E-state index in [9.17, 15) is 39.0 Å². The van der Waals surface area contributed by atoms with Crippen LogP contribution in [0, 0.1) is 17.8 Å². The average molecular weight is 682 g/mol. The Morgan fingerprint density at radius 1 is 0.875 bits per heavy atom. The molecule has 2 rings (SSSR count). The molecule has 274 valence electrons. The highest BCUT2D eigenvalue weighted by Crippen LogP contribution is 2.28. The van der Waals surface area contributed by atoms with E-state index in [1.807, 2.05) is 13.8 Å². The molecule has 2 aliphatic rings. The molecule has 0 aromatic rings. The van der Waals surface area contributed by atoms with Gasteiger partial charge in [-0.1, -0.05) is 66.2 Å². The number of hydrogen-bond donors (Lipinski definition) is 6. The fraction of sp³-hybridized carbons (Fsp3) is 0.824. The van der Waals surface area contributed by atoms with Crippen LogP contribution in [-0.2, 0) is 33.5 Å². The van der Waals surface area contributed by atoms with Crippen LogP contribution < -0.4 is 21.3 Å². The number of rotatable bonds is 10. The van der Waals surface area contributed by atoms with E-state index < -0.39 is 91.0 Å². The standard InChI is InChI=1S/C34H59N5O9/c1-7-8-9-13-16-26-21(4)34(47)39(6)25(17-20(2)3)31(44)38-29(23-14-11-10-12-15-23)33(46)36-24(19-40)30(43)37-28(22(5)41)32(45)35-18-27(42)48-26/h20-26,28-29,40-41H,7-19H2,1-6H3,(H,35,45)(H,36,46)(H,37,43)(H,38,44)/t21-,22+,24+,25+,26-,28+,29+/m1/s1. The third-order valence-corrected chi connectivity index (χ3v) is 9.37. The van der Waals surface area contributed by atoms with Gasteiger partial charge in [0.2, 0.25) is 29.5 Å². The third-order valence-electron chi connectivity index (χ3n) is 9.37. The molecule has 1 saturated carbocycles. The highest BCUT2D eigenvalue weighted by molar-refractivity contribution is 5.96. The van der Waals surface area contributed by atoms with Crippen LogP contribution in [0.15, 0.2) is 0 Å². The quantitative estimate of drug-likeness (QED) is 0.143. The maximum Gasteiger partial charge on any atom is 0.325 e. The number of amides is 5. The Labute approximate surface area is 284 Å². The van der Waals surface area contributed by atoms with Gasteiger partial charge in [0.15, 0.2) is 0 Å². The molecule has 6 N–H and O–H groups in total. The number of ether oxygens (including phenoxy) is 1. The van der Waals surface area contributed by atoms with E-state index in [1.165, 1.54) is 18.9 Å². The summed E-state index contributed by atoms with van der Waals surface area (Å²) in [6.45, 7) is 7.41. The van der Waals surface area contributed by atoms with Crippen LogP contribution in [0.25, 0.3) is 0 Å². The molecule has 0 unspecified atom stereocenters. The Bertz CT molecular complexity index is 1090. The topological polar surface area (TPSA) is 203 Å². The van der Waals surface area contributed by atoms with Gasteiger partial charge in [-0.15, -0.1) is 0 Å². The van der Waals surface area contributed by atoms with Gasteiger partial charge in [0.1, 0.15) is 36.8 Å². The van der Waals surface area contributed by atoms with Crippen molar-refractivity contribution in [3.8, 4) is 0 Å². The lowest BCUT2D eigenvalue weighted by Gasteiger charge is -2.36. The van der Waals surface area contributed by atoms with E-state index >= 15 is 0 Å². The fourth-order valence-corrected chi connectivity index (χ4v) is 6.41. The number of esters is 1. The zero-order chi connectivity index (χ0) is 36.0. The lowest BCUT2D eigenvalue weighted by molar-refractivity contribution is -0.157. The van der Waals surface area contributed by atoms with E-state index in [0.29, 0.717) is 32.1 Å². The number of likely N-dealkylation sites (N-methyl/N-ethyl adjacent to an activating group) is 1. The van der Waals surface area contributed by atoms with Gasteiger partial charge >= 0.3 is 5.97 Å². The lowest BCUT2D eigenvalue weighted by atomic mass is 9.83. The van der Waals surface area contributed by atoms with E-state index in [-0.39, 0.29) is 11.8 Å². The Balaban J connectivity index is 2.56. The molecule has 1 aliphatic carbocycles. The number of unbranched alkanes of at least 4 members (excludes halogenated alkanes) is 3. The molecular weight excluding hydrogens is 622 g/mol. The second-order valence-corrected chi connectivity index (χ2v) is 13.8. The largest absolute Gasteiger partial charge is 0.460 e. The number of aliphatic hydroxyl groups is 2. The average Bonchev–Trinajstić information content (AvgIpc) is 3.05. The van der Waals surface area contributed by atoms with Crippen LogP contribution >= 0.6 is 0 Å². The Morgan fingerprint density at radius 3 is 2.12 bits per heavy atom. The SMILES string of the molecule is CCCCCC[C@H]1OC(=O)CNC(=O)[C@H]([C@H](C)O)NC(=O)[C@H](CO)NC(=O)[C@H](C2CCCCC2)NC(=O)[C@H](CC(C)C)N(C)C(=O)[C@@H]1C. The van der Waals surface area contributed by atoms with Gasteiger partial charge in [-0.3, -0.25) is 28.8 Å². The first-order valence-corrected chi connectivity index (χ1v) is 17.7. The number of carbonyl (C=O) groups excluding carboxylic acids is 6. The summed E-state index contributed by atoms with van der Waals surface area (Å²) in [7, 11) is 1.53. The van der Waals surface area contributed by atoms with Crippen LogP contribution in [0.2, 0.25) is 0 Å². The summed E-state index contributed by atoms with van der Waals surface area (Å²) in [5, 5.41) is 30.5. The maximum absolute atomic E-state index is 14.0. The smallest absolute Gasteiger partial charge is 0.325 e. The van der Waals surface area contributed by atoms with E-state index in [4.69, 9.17) is 4.74 Å². The number of hydrogen-bond acceptors (Lipinski definition) is 9. The van der Waals surface area contributed by atoms with Gasteiger partial charge in [0.25, 0.3) is 0 Å². The molecule has 14 nitrogen and oxygen atoms in total. The zero-order valence-electron chi connectivity index (χ0n) is 29.6. The zero-order valence-corrected chi connectivity index (χ0v) is 29.6. The van der Waals surface area contributed by atoms with E-state index in [1.54, 1.807) is 6.92 Å². The molecule has 0 aromatic heterocycles. The second-order valence-electron chi connectivity index (χ2n) is 13.8. The summed E-state index contributed by atoms with van der Waals surface area (Å²) >= 11 is 0. The molecule has 1 aliphatic heterocycles. The predicted molar refractivity (Wildman–Crippen MR) is 178 cm³/mol. The lowest BCUT2D eigenvalue weighted by Crippen LogP contribution is -2.62. The number of carbonyl (C=O) groups is 6. The first-order valence-electron chi connectivity index (χ1n) is 17.7. The molecule has 0 aromatic carbocycles. The summed E-state index contributed by atoms with van der Waals surface area (Å²) < 4.78 is 5.74. The van der Waals surface area contributed by atoms with Crippen molar-refractivity contribution >= 4 is 35.5 Å². The Morgan fingerprint density at radius 2 is 1.54 bits per heavy atom. The maximum atomic E-state index is 14.0. The van der Waals surface area contributed by atoms with Crippen LogP contribution in [0.4, 0.5) is 0 Å². The number of aliphatic hydroxyl groups excluding tert-OH is 2. The fourth-order valence-electron chi connectivity index (χ4n) is 6.41. The van der Waals surface area contributed by atoms with Crippen molar-refractivity contribution in [3.05, 3.63) is 0 Å².